The van der Waals surface area contributed by atoms with Crippen molar-refractivity contribution in [3.63, 3.8) is 0 Å². The van der Waals surface area contributed by atoms with Gasteiger partial charge in [-0.2, -0.15) is 0 Å². The topological polar surface area (TPSA) is 88.4 Å². The van der Waals surface area contributed by atoms with Crippen LogP contribution in [0.3, 0.4) is 0 Å². The van der Waals surface area contributed by atoms with Gasteiger partial charge in [0.05, 0.1) is 20.3 Å². The third-order valence-electron chi connectivity index (χ3n) is 5.71. The van der Waals surface area contributed by atoms with Crippen molar-refractivity contribution < 1.29 is 29.5 Å². The molecule has 0 fully saturated rings. The van der Waals surface area contributed by atoms with Gasteiger partial charge < -0.3 is 29.5 Å². The highest BCUT2D eigenvalue weighted by Crippen LogP contribution is 2.35. The second-order valence-electron chi connectivity index (χ2n) is 8.37. The largest absolute Gasteiger partial charge is 0.507 e. The number of hydrogen-bond donors (Lipinski definition) is 3. The van der Waals surface area contributed by atoms with Crippen LogP contribution in [0.2, 0.25) is 0 Å². The summed E-state index contributed by atoms with van der Waals surface area (Å²) in [7, 11) is 4.72. The Morgan fingerprint density at radius 3 is 1.52 bits per heavy atom. The molecule has 0 saturated heterocycles. The van der Waals surface area contributed by atoms with Crippen molar-refractivity contribution in [3.8, 4) is 23.0 Å². The molecule has 0 aliphatic rings. The van der Waals surface area contributed by atoms with Gasteiger partial charge >= 0.3 is 0 Å². The molecule has 3 rings (SSSR count). The van der Waals surface area contributed by atoms with Gasteiger partial charge in [0.25, 0.3) is 0 Å². The van der Waals surface area contributed by atoms with E-state index >= 15 is 0 Å². The van der Waals surface area contributed by atoms with Crippen LogP contribution in [0, 0.1) is 13.8 Å². The average molecular weight is 453 g/mol. The molecule has 6 heteroatoms. The van der Waals surface area contributed by atoms with Crippen molar-refractivity contribution in [1.29, 1.82) is 0 Å². The Bertz CT molecular complexity index is 1140. The SMILES string of the molecule is COCc1cc(Cc2cc(Cc3cc(C)c(O)c(COC)c3)c(O)c(OC)c2)cc(C)c1O. The van der Waals surface area contributed by atoms with Crippen LogP contribution in [0.15, 0.2) is 36.4 Å². The zero-order chi connectivity index (χ0) is 24.1. The van der Waals surface area contributed by atoms with Crippen molar-refractivity contribution in [3.05, 3.63) is 80.9 Å². The predicted molar refractivity (Wildman–Crippen MR) is 127 cm³/mol. The van der Waals surface area contributed by atoms with E-state index in [4.69, 9.17) is 14.2 Å². The molecule has 0 atom stereocenters. The summed E-state index contributed by atoms with van der Waals surface area (Å²) in [6, 6.07) is 11.5. The fraction of sp³-hybridized carbons (Fsp3) is 0.333. The number of phenols is 3. The third kappa shape index (κ3) is 5.59. The van der Waals surface area contributed by atoms with Crippen LogP contribution in [0.4, 0.5) is 0 Å². The molecule has 0 spiro atoms. The summed E-state index contributed by atoms with van der Waals surface area (Å²) in [4.78, 5) is 0. The van der Waals surface area contributed by atoms with E-state index in [2.05, 4.69) is 0 Å². The summed E-state index contributed by atoms with van der Waals surface area (Å²) in [5.41, 5.74) is 6.67. The summed E-state index contributed by atoms with van der Waals surface area (Å²) < 4.78 is 15.9. The number of hydrogen-bond acceptors (Lipinski definition) is 6. The van der Waals surface area contributed by atoms with Gasteiger partial charge in [0.1, 0.15) is 11.5 Å². The minimum atomic E-state index is 0.0993. The van der Waals surface area contributed by atoms with Crippen molar-refractivity contribution >= 4 is 0 Å². The van der Waals surface area contributed by atoms with E-state index < -0.39 is 0 Å². The first kappa shape index (κ1) is 24.4. The fourth-order valence-electron chi connectivity index (χ4n) is 4.18. The van der Waals surface area contributed by atoms with Crippen LogP contribution in [0.5, 0.6) is 23.0 Å². The van der Waals surface area contributed by atoms with Crippen molar-refractivity contribution in [2.24, 2.45) is 0 Å². The average Bonchev–Trinajstić information content (AvgIpc) is 2.77. The number of methoxy groups -OCH3 is 3. The van der Waals surface area contributed by atoms with Crippen LogP contribution in [0.25, 0.3) is 0 Å². The number of ether oxygens (including phenoxy) is 3. The molecule has 0 radical (unpaired) electrons. The van der Waals surface area contributed by atoms with Crippen LogP contribution in [-0.2, 0) is 35.5 Å². The van der Waals surface area contributed by atoms with E-state index in [-0.39, 0.29) is 17.2 Å². The van der Waals surface area contributed by atoms with Crippen LogP contribution < -0.4 is 4.74 Å². The highest BCUT2D eigenvalue weighted by molar-refractivity contribution is 5.53. The van der Waals surface area contributed by atoms with Crippen LogP contribution in [-0.4, -0.2) is 36.6 Å². The van der Waals surface area contributed by atoms with E-state index in [1.165, 1.54) is 7.11 Å². The molecule has 3 N–H and O–H groups in total. The Balaban J connectivity index is 1.98. The molecule has 0 amide bonds. The second-order valence-corrected chi connectivity index (χ2v) is 8.37. The molecule has 6 nitrogen and oxygen atoms in total. The van der Waals surface area contributed by atoms with E-state index in [9.17, 15) is 15.3 Å². The van der Waals surface area contributed by atoms with E-state index in [1.807, 2.05) is 50.2 Å². The summed E-state index contributed by atoms with van der Waals surface area (Å²) in [6.07, 6.45) is 1.07. The van der Waals surface area contributed by atoms with Gasteiger partial charge in [-0.05, 0) is 66.3 Å². The summed E-state index contributed by atoms with van der Waals surface area (Å²) >= 11 is 0. The highest BCUT2D eigenvalue weighted by atomic mass is 16.5. The zero-order valence-corrected chi connectivity index (χ0v) is 19.9. The summed E-state index contributed by atoms with van der Waals surface area (Å²) in [5, 5.41) is 31.4. The Morgan fingerprint density at radius 2 is 1.03 bits per heavy atom. The predicted octanol–water partition coefficient (Wildman–Crippen LogP) is 4.90. The van der Waals surface area contributed by atoms with Gasteiger partial charge in [0.15, 0.2) is 11.5 Å². The Labute approximate surface area is 195 Å². The lowest BCUT2D eigenvalue weighted by molar-refractivity contribution is 0.182. The van der Waals surface area contributed by atoms with E-state index in [0.29, 0.717) is 37.4 Å². The van der Waals surface area contributed by atoms with Crippen LogP contribution >= 0.6 is 0 Å². The molecule has 33 heavy (non-hydrogen) atoms. The van der Waals surface area contributed by atoms with Gasteiger partial charge in [-0.15, -0.1) is 0 Å². The van der Waals surface area contributed by atoms with Gasteiger partial charge in [-0.3, -0.25) is 0 Å². The fourth-order valence-corrected chi connectivity index (χ4v) is 4.18. The Morgan fingerprint density at radius 1 is 0.576 bits per heavy atom. The second kappa shape index (κ2) is 10.6. The first-order valence-electron chi connectivity index (χ1n) is 10.8. The third-order valence-corrected chi connectivity index (χ3v) is 5.71. The summed E-state index contributed by atoms with van der Waals surface area (Å²) in [6.45, 7) is 4.35. The number of aryl methyl sites for hydroxylation is 2. The maximum atomic E-state index is 10.8. The lowest BCUT2D eigenvalue weighted by Gasteiger charge is -2.15. The maximum absolute atomic E-state index is 10.8. The standard InChI is InChI=1S/C27H32O6/c1-16-6-18(11-22(14-31-3)25(16)28)8-20-10-21(27(30)24(13-20)33-5)9-19-7-17(2)26(29)23(12-19)15-32-4/h6-7,10-13,28-30H,8-9,14-15H2,1-5H3. The van der Waals surface area contributed by atoms with E-state index in [1.54, 1.807) is 14.2 Å². The minimum Gasteiger partial charge on any atom is -0.507 e. The van der Waals surface area contributed by atoms with Gasteiger partial charge in [-0.25, -0.2) is 0 Å². The number of phenolic OH excluding ortho intramolecular Hbond substituents is 3. The lowest BCUT2D eigenvalue weighted by Crippen LogP contribution is -2.00. The van der Waals surface area contributed by atoms with Crippen molar-refractivity contribution in [2.75, 3.05) is 21.3 Å². The van der Waals surface area contributed by atoms with Crippen molar-refractivity contribution in [2.45, 2.75) is 39.9 Å². The minimum absolute atomic E-state index is 0.0993. The lowest BCUT2D eigenvalue weighted by atomic mass is 9.94. The first-order chi connectivity index (χ1) is 15.8. The molecule has 176 valence electrons. The number of aromatic hydroxyl groups is 3. The molecule has 3 aromatic rings. The molecule has 0 aliphatic heterocycles. The molecule has 3 aromatic carbocycles. The summed E-state index contributed by atoms with van der Waals surface area (Å²) in [5.74, 6) is 0.981. The Kier molecular flexibility index (Phi) is 7.84. The highest BCUT2D eigenvalue weighted by Gasteiger charge is 2.15. The van der Waals surface area contributed by atoms with Crippen LogP contribution in [0.1, 0.15) is 44.5 Å². The first-order valence-corrected chi connectivity index (χ1v) is 10.8. The molecule has 0 heterocycles. The smallest absolute Gasteiger partial charge is 0.161 e. The molecule has 0 unspecified atom stereocenters. The van der Waals surface area contributed by atoms with Crippen molar-refractivity contribution in [1.82, 2.24) is 0 Å². The number of rotatable bonds is 9. The number of benzene rings is 3. The molecule has 0 aliphatic carbocycles. The van der Waals surface area contributed by atoms with Gasteiger partial charge in [0, 0.05) is 37.3 Å². The molecular formula is C27H32O6. The van der Waals surface area contributed by atoms with Gasteiger partial charge in [-0.1, -0.05) is 18.2 Å². The quantitative estimate of drug-likeness (QED) is 0.428. The monoisotopic (exact) mass is 452 g/mol. The molecule has 0 saturated carbocycles. The normalized spacial score (nSPS) is 11.1. The molecular weight excluding hydrogens is 420 g/mol. The Hall–Kier alpha value is -3.22. The van der Waals surface area contributed by atoms with Gasteiger partial charge in [0.2, 0.25) is 0 Å². The maximum Gasteiger partial charge on any atom is 0.161 e. The van der Waals surface area contributed by atoms with E-state index in [0.717, 1.165) is 38.9 Å². The molecule has 0 aromatic heterocycles. The molecule has 0 bridgehead atoms. The zero-order valence-electron chi connectivity index (χ0n) is 19.9.